The summed E-state index contributed by atoms with van der Waals surface area (Å²) < 4.78 is 5.91. The van der Waals surface area contributed by atoms with Crippen molar-refractivity contribution in [2.45, 2.75) is 31.7 Å². The van der Waals surface area contributed by atoms with Gasteiger partial charge in [0.05, 0.1) is 0 Å². The first-order valence-electron chi connectivity index (χ1n) is 6.07. The normalized spacial score (nSPS) is 25.6. The minimum atomic E-state index is -0.925. The molecule has 2 aromatic rings. The molecule has 3 rings (SSSR count). The topological polar surface area (TPSA) is 49.7 Å². The van der Waals surface area contributed by atoms with Gasteiger partial charge in [0.25, 0.3) is 0 Å². The van der Waals surface area contributed by atoms with Gasteiger partial charge in [0.15, 0.2) is 0 Å². The molecule has 0 radical (unpaired) electrons. The second-order valence-corrected chi connectivity index (χ2v) is 5.30. The Labute approximate surface area is 106 Å². The molecule has 1 aliphatic rings. The zero-order valence-electron chi connectivity index (χ0n) is 10.4. The third-order valence-corrected chi connectivity index (χ3v) is 3.61. The predicted molar refractivity (Wildman–Crippen MR) is 69.6 cm³/mol. The molecule has 0 aromatic heterocycles. The molecule has 1 aliphatic heterocycles. The predicted octanol–water partition coefficient (Wildman–Crippen LogP) is 2.41. The molecule has 18 heavy (non-hydrogen) atoms. The van der Waals surface area contributed by atoms with E-state index < -0.39 is 17.8 Å². The number of benzene rings is 2. The van der Waals surface area contributed by atoms with Crippen LogP contribution in [0.15, 0.2) is 36.4 Å². The van der Waals surface area contributed by atoms with E-state index >= 15 is 0 Å². The van der Waals surface area contributed by atoms with E-state index in [0.29, 0.717) is 11.3 Å². The maximum Gasteiger partial charge on any atom is 0.133 e. The zero-order chi connectivity index (χ0) is 12.9. The molecule has 0 spiro atoms. The van der Waals surface area contributed by atoms with Crippen LogP contribution in [0.4, 0.5) is 0 Å². The fourth-order valence-electron chi connectivity index (χ4n) is 2.48. The van der Waals surface area contributed by atoms with Crippen LogP contribution in [0, 0.1) is 0 Å². The minimum absolute atomic E-state index is 0.653. The van der Waals surface area contributed by atoms with Gasteiger partial charge in [-0.2, -0.15) is 0 Å². The van der Waals surface area contributed by atoms with Crippen LogP contribution in [0.2, 0.25) is 0 Å². The second-order valence-electron chi connectivity index (χ2n) is 5.30. The number of hydrogen-bond acceptors (Lipinski definition) is 3. The molecule has 0 unspecified atom stereocenters. The van der Waals surface area contributed by atoms with E-state index in [2.05, 4.69) is 0 Å². The van der Waals surface area contributed by atoms with E-state index in [1.165, 1.54) is 0 Å². The Kier molecular flexibility index (Phi) is 2.37. The Morgan fingerprint density at radius 2 is 1.78 bits per heavy atom. The van der Waals surface area contributed by atoms with E-state index in [1.54, 1.807) is 13.8 Å². The van der Waals surface area contributed by atoms with Crippen LogP contribution >= 0.6 is 0 Å². The van der Waals surface area contributed by atoms with Crippen molar-refractivity contribution in [3.8, 4) is 5.75 Å². The van der Waals surface area contributed by atoms with Gasteiger partial charge in [0.1, 0.15) is 23.6 Å². The number of fused-ring (bicyclic) bond motifs is 3. The maximum atomic E-state index is 10.2. The molecule has 0 fully saturated rings. The number of aliphatic hydroxyl groups is 2. The Balaban J connectivity index is 2.29. The van der Waals surface area contributed by atoms with Crippen LogP contribution < -0.4 is 4.74 Å². The summed E-state index contributed by atoms with van der Waals surface area (Å²) in [7, 11) is 0. The summed E-state index contributed by atoms with van der Waals surface area (Å²) in [5.74, 6) is 0.677. The molecule has 0 bridgehead atoms. The summed E-state index contributed by atoms with van der Waals surface area (Å²) in [5.41, 5.74) is -0.142. The van der Waals surface area contributed by atoms with Gasteiger partial charge in [-0.05, 0) is 19.2 Å². The van der Waals surface area contributed by atoms with Gasteiger partial charge >= 0.3 is 0 Å². The van der Waals surface area contributed by atoms with Gasteiger partial charge in [-0.25, -0.2) is 0 Å². The molecule has 2 aromatic carbocycles. The SMILES string of the molecule is CC1(C)Oc2c(ccc3ccccc23)[C@@H](O)[C@H]1O. The van der Waals surface area contributed by atoms with Crippen molar-refractivity contribution in [2.75, 3.05) is 0 Å². The number of hydrogen-bond donors (Lipinski definition) is 2. The molecule has 0 saturated heterocycles. The molecular formula is C15H16O3. The summed E-state index contributed by atoms with van der Waals surface area (Å²) in [6.07, 6.45) is -1.83. The molecule has 3 heteroatoms. The average Bonchev–Trinajstić information content (AvgIpc) is 2.36. The van der Waals surface area contributed by atoms with Gasteiger partial charge in [-0.1, -0.05) is 36.4 Å². The third-order valence-electron chi connectivity index (χ3n) is 3.61. The second kappa shape index (κ2) is 3.70. The highest BCUT2D eigenvalue weighted by molar-refractivity contribution is 5.90. The lowest BCUT2D eigenvalue weighted by molar-refractivity contribution is -0.110. The zero-order valence-corrected chi connectivity index (χ0v) is 10.4. The standard InChI is InChI=1S/C15H16O3/c1-15(2)14(17)12(16)11-8-7-9-5-3-4-6-10(9)13(11)18-15/h3-8,12,14,16-17H,1-2H3/t12-,14-/m1/s1. The highest BCUT2D eigenvalue weighted by atomic mass is 16.5. The lowest BCUT2D eigenvalue weighted by Gasteiger charge is -2.40. The third kappa shape index (κ3) is 1.51. The van der Waals surface area contributed by atoms with Crippen molar-refractivity contribution >= 4 is 10.8 Å². The smallest absolute Gasteiger partial charge is 0.133 e. The average molecular weight is 244 g/mol. The fraction of sp³-hybridized carbons (Fsp3) is 0.333. The number of rotatable bonds is 0. The lowest BCUT2D eigenvalue weighted by atomic mass is 9.87. The van der Waals surface area contributed by atoms with Gasteiger partial charge in [-0.3, -0.25) is 0 Å². The first kappa shape index (κ1) is 11.5. The number of aliphatic hydroxyl groups excluding tert-OH is 2. The van der Waals surface area contributed by atoms with Gasteiger partial charge in [0.2, 0.25) is 0 Å². The first-order chi connectivity index (χ1) is 8.50. The molecule has 94 valence electrons. The van der Waals surface area contributed by atoms with Crippen LogP contribution in [-0.2, 0) is 0 Å². The monoisotopic (exact) mass is 244 g/mol. The van der Waals surface area contributed by atoms with Crippen molar-refractivity contribution < 1.29 is 14.9 Å². The quantitative estimate of drug-likeness (QED) is 0.748. The Hall–Kier alpha value is -1.58. The van der Waals surface area contributed by atoms with Crippen LogP contribution in [0.1, 0.15) is 25.5 Å². The maximum absolute atomic E-state index is 10.2. The molecule has 2 atom stereocenters. The molecule has 2 N–H and O–H groups in total. The summed E-state index contributed by atoms with van der Waals surface area (Å²) in [5, 5.41) is 22.3. The molecule has 1 heterocycles. The molecule has 0 saturated carbocycles. The van der Waals surface area contributed by atoms with Crippen LogP contribution in [-0.4, -0.2) is 21.9 Å². The Morgan fingerprint density at radius 3 is 2.56 bits per heavy atom. The van der Waals surface area contributed by atoms with E-state index in [4.69, 9.17) is 4.74 Å². The summed E-state index contributed by atoms with van der Waals surface area (Å²) in [6.45, 7) is 3.57. The van der Waals surface area contributed by atoms with Gasteiger partial charge in [0, 0.05) is 10.9 Å². The molecular weight excluding hydrogens is 228 g/mol. The van der Waals surface area contributed by atoms with Crippen molar-refractivity contribution in [2.24, 2.45) is 0 Å². The van der Waals surface area contributed by atoms with Crippen LogP contribution in [0.25, 0.3) is 10.8 Å². The van der Waals surface area contributed by atoms with E-state index in [1.807, 2.05) is 36.4 Å². The first-order valence-corrected chi connectivity index (χ1v) is 6.07. The Bertz CT molecular complexity index is 604. The van der Waals surface area contributed by atoms with Gasteiger partial charge in [-0.15, -0.1) is 0 Å². The van der Waals surface area contributed by atoms with Crippen molar-refractivity contribution in [3.05, 3.63) is 42.0 Å². The van der Waals surface area contributed by atoms with Crippen molar-refractivity contribution in [3.63, 3.8) is 0 Å². The minimum Gasteiger partial charge on any atom is -0.484 e. The summed E-state index contributed by atoms with van der Waals surface area (Å²) in [6, 6.07) is 11.6. The molecule has 3 nitrogen and oxygen atoms in total. The van der Waals surface area contributed by atoms with Crippen molar-refractivity contribution in [1.82, 2.24) is 0 Å². The van der Waals surface area contributed by atoms with Crippen molar-refractivity contribution in [1.29, 1.82) is 0 Å². The van der Waals surface area contributed by atoms with Crippen LogP contribution in [0.3, 0.4) is 0 Å². The highest BCUT2D eigenvalue weighted by Gasteiger charge is 2.42. The fourth-order valence-corrected chi connectivity index (χ4v) is 2.48. The molecule has 0 amide bonds. The lowest BCUT2D eigenvalue weighted by Crippen LogP contribution is -2.48. The largest absolute Gasteiger partial charge is 0.484 e. The summed E-state index contributed by atoms with van der Waals surface area (Å²) in [4.78, 5) is 0. The highest BCUT2D eigenvalue weighted by Crippen LogP contribution is 2.43. The van der Waals surface area contributed by atoms with E-state index in [0.717, 1.165) is 10.8 Å². The number of ether oxygens (including phenoxy) is 1. The Morgan fingerprint density at radius 1 is 1.06 bits per heavy atom. The summed E-state index contributed by atoms with van der Waals surface area (Å²) >= 11 is 0. The molecule has 0 aliphatic carbocycles. The van der Waals surface area contributed by atoms with E-state index in [9.17, 15) is 10.2 Å². The van der Waals surface area contributed by atoms with E-state index in [-0.39, 0.29) is 0 Å². The van der Waals surface area contributed by atoms with Gasteiger partial charge < -0.3 is 14.9 Å². The van der Waals surface area contributed by atoms with Crippen LogP contribution in [0.5, 0.6) is 5.75 Å².